The molecular weight excluding hydrogens is 116 g/mol. The molecule has 0 saturated carbocycles. The monoisotopic (exact) mass is 130 g/mol. The summed E-state index contributed by atoms with van der Waals surface area (Å²) in [6, 6.07) is 0. The molecule has 0 N–H and O–H groups in total. The summed E-state index contributed by atoms with van der Waals surface area (Å²) in [5.74, 6) is 0. The van der Waals surface area contributed by atoms with E-state index in [0.717, 1.165) is 6.42 Å². The van der Waals surface area contributed by atoms with E-state index in [4.69, 9.17) is 0 Å². The van der Waals surface area contributed by atoms with Crippen LogP contribution in [0.3, 0.4) is 0 Å². The van der Waals surface area contributed by atoms with Crippen LogP contribution in [0, 0.1) is 5.41 Å². The molecule has 0 aliphatic heterocycles. The van der Waals surface area contributed by atoms with E-state index in [9.17, 15) is 4.79 Å². The van der Waals surface area contributed by atoms with Crippen LogP contribution in [-0.2, 0) is 4.79 Å². The van der Waals surface area contributed by atoms with Gasteiger partial charge in [-0.05, 0) is 6.42 Å². The summed E-state index contributed by atoms with van der Waals surface area (Å²) in [6.45, 7) is 6.06. The molecule has 1 nitrogen and oxygen atoms in total. The highest BCUT2D eigenvalue weighted by Gasteiger charge is 2.19. The van der Waals surface area contributed by atoms with Crippen molar-refractivity contribution in [1.29, 1.82) is 0 Å². The van der Waals surface area contributed by atoms with Gasteiger partial charge in [-0.1, -0.05) is 20.8 Å². The Hall–Kier alpha value is -0.113. The van der Waals surface area contributed by atoms with Gasteiger partial charge >= 0.3 is 0 Å². The van der Waals surface area contributed by atoms with Crippen molar-refractivity contribution in [3.05, 3.63) is 0 Å². The quantitative estimate of drug-likeness (QED) is 0.492. The maximum absolute atomic E-state index is 10.8. The second kappa shape index (κ2) is 2.44. The zero-order valence-corrected chi connectivity index (χ0v) is 8.12. The number of rotatable bonds is 2. The molecule has 0 aromatic rings. The molecular formula is C6H14OSi. The molecule has 0 aromatic carbocycles. The first kappa shape index (κ1) is 7.89. The summed E-state index contributed by atoms with van der Waals surface area (Å²) in [5, 5.41) is 0.417. The van der Waals surface area contributed by atoms with Gasteiger partial charge in [0.25, 0.3) is 0 Å². The van der Waals surface area contributed by atoms with E-state index in [2.05, 4.69) is 6.92 Å². The summed E-state index contributed by atoms with van der Waals surface area (Å²) in [7, 11) is 0.698. The minimum Gasteiger partial charge on any atom is -0.306 e. The molecule has 0 aromatic heterocycles. The first-order valence-electron chi connectivity index (χ1n) is 3.01. The Balaban J connectivity index is 3.91. The molecule has 0 atom stereocenters. The lowest BCUT2D eigenvalue weighted by Gasteiger charge is -2.17. The molecule has 0 unspecified atom stereocenters. The predicted molar refractivity (Wildman–Crippen MR) is 39.0 cm³/mol. The average molecular weight is 130 g/mol. The van der Waals surface area contributed by atoms with Crippen LogP contribution in [0.25, 0.3) is 0 Å². The maximum Gasteiger partial charge on any atom is 0.106 e. The van der Waals surface area contributed by atoms with Crippen molar-refractivity contribution in [3.63, 3.8) is 0 Å². The zero-order valence-electron chi connectivity index (χ0n) is 6.12. The van der Waals surface area contributed by atoms with Gasteiger partial charge in [-0.2, -0.15) is 0 Å². The molecule has 0 fully saturated rings. The largest absolute Gasteiger partial charge is 0.306 e. The smallest absolute Gasteiger partial charge is 0.106 e. The molecule has 0 bridgehead atoms. The maximum atomic E-state index is 10.8. The minimum absolute atomic E-state index is 0.0355. The molecule has 0 heterocycles. The van der Waals surface area contributed by atoms with E-state index in [1.54, 1.807) is 0 Å². The van der Waals surface area contributed by atoms with Crippen LogP contribution in [0.2, 0.25) is 0 Å². The van der Waals surface area contributed by atoms with E-state index in [0.29, 0.717) is 15.6 Å². The van der Waals surface area contributed by atoms with Crippen LogP contribution in [0.4, 0.5) is 0 Å². The second-order valence-corrected chi connectivity index (χ2v) is 3.70. The fourth-order valence-electron chi connectivity index (χ4n) is 0.249. The molecule has 0 aliphatic carbocycles. The summed E-state index contributed by atoms with van der Waals surface area (Å²) in [6.07, 6.45) is 0.968. The van der Waals surface area contributed by atoms with Gasteiger partial charge in [0.15, 0.2) is 0 Å². The van der Waals surface area contributed by atoms with Gasteiger partial charge in [-0.15, -0.1) is 0 Å². The molecule has 0 spiro atoms. The molecule has 2 heteroatoms. The van der Waals surface area contributed by atoms with Gasteiger partial charge in [-0.25, -0.2) is 0 Å². The Morgan fingerprint density at radius 2 is 2.00 bits per heavy atom. The Kier molecular flexibility index (Phi) is 2.41. The van der Waals surface area contributed by atoms with Gasteiger partial charge in [0, 0.05) is 5.41 Å². The van der Waals surface area contributed by atoms with Gasteiger partial charge in [0.05, 0.1) is 10.2 Å². The predicted octanol–water partition coefficient (Wildman–Crippen LogP) is 0.315. The first-order chi connectivity index (χ1) is 3.50. The molecule has 48 valence electrons. The van der Waals surface area contributed by atoms with Crippen molar-refractivity contribution >= 4 is 15.6 Å². The Bertz CT molecular complexity index is 96.7. The van der Waals surface area contributed by atoms with Crippen LogP contribution in [0.1, 0.15) is 27.2 Å². The number of hydrogen-bond acceptors (Lipinski definition) is 1. The standard InChI is InChI=1S/C6H14OSi/c1-4-6(2,3)5(7)8/h4H2,1-3,8H3. The van der Waals surface area contributed by atoms with E-state index < -0.39 is 0 Å². The summed E-state index contributed by atoms with van der Waals surface area (Å²) in [5.41, 5.74) is -0.0355. The highest BCUT2D eigenvalue weighted by molar-refractivity contribution is 6.58. The van der Waals surface area contributed by atoms with Crippen molar-refractivity contribution in [2.75, 3.05) is 0 Å². The lowest BCUT2D eigenvalue weighted by Crippen LogP contribution is -2.22. The van der Waals surface area contributed by atoms with Gasteiger partial charge in [-0.3, -0.25) is 0 Å². The van der Waals surface area contributed by atoms with Crippen LogP contribution >= 0.6 is 0 Å². The molecule has 0 saturated heterocycles. The van der Waals surface area contributed by atoms with E-state index in [-0.39, 0.29) is 5.41 Å². The summed E-state index contributed by atoms with van der Waals surface area (Å²) >= 11 is 0. The van der Waals surface area contributed by atoms with Crippen molar-refractivity contribution in [1.82, 2.24) is 0 Å². The van der Waals surface area contributed by atoms with Gasteiger partial charge in [0.2, 0.25) is 0 Å². The van der Waals surface area contributed by atoms with Crippen LogP contribution in [-0.4, -0.2) is 15.6 Å². The number of hydrogen-bond donors (Lipinski definition) is 0. The summed E-state index contributed by atoms with van der Waals surface area (Å²) in [4.78, 5) is 10.8. The third-order valence-corrected chi connectivity index (χ3v) is 3.19. The molecule has 0 rings (SSSR count). The van der Waals surface area contributed by atoms with Gasteiger partial charge < -0.3 is 4.79 Å². The Morgan fingerprint density at radius 3 is 2.00 bits per heavy atom. The zero-order chi connectivity index (χ0) is 6.78. The lowest BCUT2D eigenvalue weighted by atomic mass is 9.92. The summed E-state index contributed by atoms with van der Waals surface area (Å²) < 4.78 is 0. The Morgan fingerprint density at radius 1 is 1.62 bits per heavy atom. The highest BCUT2D eigenvalue weighted by atomic mass is 28.1. The van der Waals surface area contributed by atoms with Crippen molar-refractivity contribution in [2.24, 2.45) is 5.41 Å². The molecule has 0 aliphatic rings. The lowest BCUT2D eigenvalue weighted by molar-refractivity contribution is -0.119. The van der Waals surface area contributed by atoms with E-state index >= 15 is 0 Å². The SMILES string of the molecule is CCC(C)(C)C(=O)[SiH3]. The van der Waals surface area contributed by atoms with Crippen LogP contribution in [0.15, 0.2) is 0 Å². The third kappa shape index (κ3) is 1.78. The topological polar surface area (TPSA) is 17.1 Å². The molecule has 0 radical (unpaired) electrons. The number of carbonyl (C=O) groups excluding carboxylic acids is 1. The van der Waals surface area contributed by atoms with E-state index in [1.165, 1.54) is 0 Å². The highest BCUT2D eigenvalue weighted by Crippen LogP contribution is 2.18. The number of carbonyl (C=O) groups is 1. The van der Waals surface area contributed by atoms with Gasteiger partial charge in [0.1, 0.15) is 5.41 Å². The fraction of sp³-hybridized carbons (Fsp3) is 0.833. The molecule has 0 amide bonds. The minimum atomic E-state index is -0.0355. The van der Waals surface area contributed by atoms with E-state index in [1.807, 2.05) is 13.8 Å². The first-order valence-corrected chi connectivity index (χ1v) is 4.01. The molecule has 8 heavy (non-hydrogen) atoms. The fourth-order valence-corrected chi connectivity index (χ4v) is 0.602. The van der Waals surface area contributed by atoms with Crippen LogP contribution in [0.5, 0.6) is 0 Å². The second-order valence-electron chi connectivity index (χ2n) is 2.79. The van der Waals surface area contributed by atoms with Crippen LogP contribution < -0.4 is 0 Å². The average Bonchev–Trinajstić information content (AvgIpc) is 1.67. The van der Waals surface area contributed by atoms with Crippen molar-refractivity contribution < 1.29 is 4.79 Å². The third-order valence-electron chi connectivity index (χ3n) is 1.84. The Labute approximate surface area is 53.9 Å². The normalized spacial score (nSPS) is 11.9. The van der Waals surface area contributed by atoms with Crippen molar-refractivity contribution in [2.45, 2.75) is 27.2 Å². The van der Waals surface area contributed by atoms with Crippen molar-refractivity contribution in [3.8, 4) is 0 Å².